The fourth-order valence-electron chi connectivity index (χ4n) is 1.85. The maximum absolute atomic E-state index is 11.8. The summed E-state index contributed by atoms with van der Waals surface area (Å²) in [5, 5.41) is 14.2. The van der Waals surface area contributed by atoms with Crippen molar-refractivity contribution in [3.05, 3.63) is 59.7 Å². The second kappa shape index (κ2) is 6.56. The average Bonchev–Trinajstić information content (AvgIpc) is 2.48. The highest BCUT2D eigenvalue weighted by Gasteiger charge is 2.06. The molecule has 0 aromatic heterocycles. The number of amides is 2. The van der Waals surface area contributed by atoms with Crippen molar-refractivity contribution >= 4 is 23.4 Å². The third kappa shape index (κ3) is 4.07. The van der Waals surface area contributed by atoms with Gasteiger partial charge in [-0.3, -0.25) is 0 Å². The van der Waals surface area contributed by atoms with Gasteiger partial charge in [0, 0.05) is 11.4 Å². The molecule has 108 valence electrons. The Morgan fingerprint density at radius 2 is 1.67 bits per heavy atom. The van der Waals surface area contributed by atoms with E-state index in [0.717, 1.165) is 6.42 Å². The van der Waals surface area contributed by atoms with E-state index >= 15 is 0 Å². The smallest absolute Gasteiger partial charge is 0.335 e. The van der Waals surface area contributed by atoms with Crippen molar-refractivity contribution in [3.63, 3.8) is 0 Å². The van der Waals surface area contributed by atoms with Crippen LogP contribution < -0.4 is 10.6 Å². The molecular weight excluding hydrogens is 268 g/mol. The van der Waals surface area contributed by atoms with Crippen molar-refractivity contribution in [1.82, 2.24) is 0 Å². The van der Waals surface area contributed by atoms with Gasteiger partial charge in [0.25, 0.3) is 0 Å². The molecule has 0 aliphatic rings. The minimum atomic E-state index is -1.03. The van der Waals surface area contributed by atoms with E-state index in [1.54, 1.807) is 12.1 Å². The molecule has 0 bridgehead atoms. The molecule has 0 aliphatic heterocycles. The number of carboxylic acid groups (broad SMARTS) is 1. The fraction of sp³-hybridized carbons (Fsp3) is 0.125. The molecule has 5 nitrogen and oxygen atoms in total. The molecule has 21 heavy (non-hydrogen) atoms. The molecule has 0 heterocycles. The lowest BCUT2D eigenvalue weighted by Gasteiger charge is -2.08. The van der Waals surface area contributed by atoms with E-state index in [4.69, 9.17) is 5.11 Å². The molecule has 2 aromatic carbocycles. The highest BCUT2D eigenvalue weighted by atomic mass is 16.4. The topological polar surface area (TPSA) is 78.4 Å². The number of aromatic carboxylic acids is 1. The molecule has 2 aromatic rings. The van der Waals surface area contributed by atoms with Gasteiger partial charge in [-0.05, 0) is 42.3 Å². The largest absolute Gasteiger partial charge is 0.478 e. The quantitative estimate of drug-likeness (QED) is 0.802. The van der Waals surface area contributed by atoms with Gasteiger partial charge in [0.05, 0.1) is 5.56 Å². The molecule has 0 saturated carbocycles. The van der Waals surface area contributed by atoms with E-state index in [1.807, 2.05) is 24.3 Å². The van der Waals surface area contributed by atoms with Gasteiger partial charge >= 0.3 is 12.0 Å². The third-order valence-corrected chi connectivity index (χ3v) is 2.99. The molecule has 2 rings (SSSR count). The Kier molecular flexibility index (Phi) is 4.56. The number of hydrogen-bond donors (Lipinski definition) is 3. The van der Waals surface area contributed by atoms with Gasteiger partial charge < -0.3 is 15.7 Å². The highest BCUT2D eigenvalue weighted by Crippen LogP contribution is 2.13. The number of carboxylic acids is 1. The van der Waals surface area contributed by atoms with Gasteiger partial charge in [-0.2, -0.15) is 0 Å². The van der Waals surface area contributed by atoms with Crippen LogP contribution in [0.15, 0.2) is 48.5 Å². The molecule has 0 spiro atoms. The number of rotatable bonds is 4. The zero-order chi connectivity index (χ0) is 15.2. The molecule has 0 unspecified atom stereocenters. The van der Waals surface area contributed by atoms with Crippen LogP contribution in [0.25, 0.3) is 0 Å². The van der Waals surface area contributed by atoms with E-state index in [-0.39, 0.29) is 5.56 Å². The summed E-state index contributed by atoms with van der Waals surface area (Å²) < 4.78 is 0. The molecular formula is C16H16N2O3. The summed E-state index contributed by atoms with van der Waals surface area (Å²) in [6.07, 6.45) is 0.939. The monoisotopic (exact) mass is 284 g/mol. The Labute approximate surface area is 122 Å². The van der Waals surface area contributed by atoms with Gasteiger partial charge in [-0.25, -0.2) is 9.59 Å². The predicted molar refractivity (Wildman–Crippen MR) is 81.9 cm³/mol. The second-order valence-electron chi connectivity index (χ2n) is 4.52. The maximum Gasteiger partial charge on any atom is 0.335 e. The van der Waals surface area contributed by atoms with E-state index in [0.29, 0.717) is 11.4 Å². The van der Waals surface area contributed by atoms with Crippen LogP contribution in [0.1, 0.15) is 22.8 Å². The molecule has 0 fully saturated rings. The minimum absolute atomic E-state index is 0.125. The summed E-state index contributed by atoms with van der Waals surface area (Å²) in [5.74, 6) is -1.03. The van der Waals surface area contributed by atoms with Crippen molar-refractivity contribution in [2.75, 3.05) is 10.6 Å². The van der Waals surface area contributed by atoms with Crippen molar-refractivity contribution in [1.29, 1.82) is 0 Å². The summed E-state index contributed by atoms with van der Waals surface area (Å²) >= 11 is 0. The van der Waals surface area contributed by atoms with E-state index in [2.05, 4.69) is 17.6 Å². The number of nitrogens with one attached hydrogen (secondary N) is 2. The van der Waals surface area contributed by atoms with Crippen molar-refractivity contribution < 1.29 is 14.7 Å². The van der Waals surface area contributed by atoms with Gasteiger partial charge in [0.2, 0.25) is 0 Å². The first-order valence-corrected chi connectivity index (χ1v) is 6.59. The van der Waals surface area contributed by atoms with Gasteiger partial charge in [-0.1, -0.05) is 25.1 Å². The number of carbonyl (C=O) groups excluding carboxylic acids is 1. The first kappa shape index (κ1) is 14.6. The molecule has 3 N–H and O–H groups in total. The number of urea groups is 1. The Hall–Kier alpha value is -2.82. The lowest BCUT2D eigenvalue weighted by molar-refractivity contribution is 0.0697. The summed E-state index contributed by atoms with van der Waals surface area (Å²) in [6.45, 7) is 2.06. The summed E-state index contributed by atoms with van der Waals surface area (Å²) in [5.41, 5.74) is 2.42. The van der Waals surface area contributed by atoms with Crippen LogP contribution in [0.4, 0.5) is 16.2 Å². The first-order chi connectivity index (χ1) is 10.1. The third-order valence-electron chi connectivity index (χ3n) is 2.99. The van der Waals surface area contributed by atoms with Crippen LogP contribution in [0.2, 0.25) is 0 Å². The average molecular weight is 284 g/mol. The number of carbonyl (C=O) groups is 2. The molecule has 0 atom stereocenters. The normalized spacial score (nSPS) is 9.95. The molecule has 0 radical (unpaired) electrons. The van der Waals surface area contributed by atoms with Gasteiger partial charge in [0.15, 0.2) is 0 Å². The lowest BCUT2D eigenvalue weighted by Crippen LogP contribution is -2.19. The van der Waals surface area contributed by atoms with E-state index in [1.165, 1.54) is 17.7 Å². The van der Waals surface area contributed by atoms with Crippen LogP contribution in [-0.4, -0.2) is 17.1 Å². The van der Waals surface area contributed by atoms with Gasteiger partial charge in [-0.15, -0.1) is 0 Å². The highest BCUT2D eigenvalue weighted by molar-refractivity contribution is 6.00. The first-order valence-electron chi connectivity index (χ1n) is 6.59. The van der Waals surface area contributed by atoms with E-state index in [9.17, 15) is 9.59 Å². The number of hydrogen-bond acceptors (Lipinski definition) is 2. The van der Waals surface area contributed by atoms with Gasteiger partial charge in [0.1, 0.15) is 0 Å². The molecule has 0 saturated heterocycles. The van der Waals surface area contributed by atoms with E-state index < -0.39 is 12.0 Å². The standard InChI is InChI=1S/C16H16N2O3/c1-2-11-6-8-13(9-7-11)17-16(21)18-14-5-3-4-12(10-14)15(19)20/h3-10H,2H2,1H3,(H,19,20)(H2,17,18,21). The molecule has 0 aliphatic carbocycles. The van der Waals surface area contributed by atoms with Crippen LogP contribution >= 0.6 is 0 Å². The van der Waals surface area contributed by atoms with Crippen LogP contribution in [-0.2, 0) is 6.42 Å². The Morgan fingerprint density at radius 1 is 1.00 bits per heavy atom. The fourth-order valence-corrected chi connectivity index (χ4v) is 1.85. The Morgan fingerprint density at radius 3 is 2.29 bits per heavy atom. The summed E-state index contributed by atoms with van der Waals surface area (Å²) in [7, 11) is 0. The van der Waals surface area contributed by atoms with Crippen molar-refractivity contribution in [2.24, 2.45) is 0 Å². The Balaban J connectivity index is 2.00. The number of benzene rings is 2. The summed E-state index contributed by atoms with van der Waals surface area (Å²) in [4.78, 5) is 22.7. The second-order valence-corrected chi connectivity index (χ2v) is 4.52. The van der Waals surface area contributed by atoms with Crippen LogP contribution in [0.3, 0.4) is 0 Å². The minimum Gasteiger partial charge on any atom is -0.478 e. The lowest BCUT2D eigenvalue weighted by atomic mass is 10.1. The van der Waals surface area contributed by atoms with Crippen molar-refractivity contribution in [2.45, 2.75) is 13.3 Å². The zero-order valence-electron chi connectivity index (χ0n) is 11.6. The molecule has 5 heteroatoms. The number of aryl methyl sites for hydroxylation is 1. The SMILES string of the molecule is CCc1ccc(NC(=O)Nc2cccc(C(=O)O)c2)cc1. The zero-order valence-corrected chi connectivity index (χ0v) is 11.6. The van der Waals surface area contributed by atoms with Crippen LogP contribution in [0.5, 0.6) is 0 Å². The van der Waals surface area contributed by atoms with Crippen molar-refractivity contribution in [3.8, 4) is 0 Å². The molecule has 2 amide bonds. The van der Waals surface area contributed by atoms with Crippen LogP contribution in [0, 0.1) is 0 Å². The Bertz CT molecular complexity index is 651. The predicted octanol–water partition coefficient (Wildman–Crippen LogP) is 3.59. The maximum atomic E-state index is 11.8. The number of anilines is 2. The summed E-state index contributed by atoms with van der Waals surface area (Å²) in [6, 6.07) is 13.2.